The van der Waals surface area contributed by atoms with E-state index in [1.54, 1.807) is 12.1 Å². The standard InChI is InChI=1S/C11H10BrFN4O2/c12-8-5-7(1-2-9(8)13)14-3-4-17-6-10(11(18)19)15-16-17/h1-2,5-6,14H,3-4H2,(H,18,19). The fourth-order valence-corrected chi connectivity index (χ4v) is 1.81. The predicted octanol–water partition coefficient (Wildman–Crippen LogP) is 1.99. The number of aromatic carboxylic acids is 1. The third-order valence-corrected chi connectivity index (χ3v) is 2.96. The Bertz CT molecular complexity index is 602. The Morgan fingerprint density at radius 1 is 1.53 bits per heavy atom. The topological polar surface area (TPSA) is 80.0 Å². The SMILES string of the molecule is O=C(O)c1cn(CCNc2ccc(F)c(Br)c2)nn1. The summed E-state index contributed by atoms with van der Waals surface area (Å²) in [4.78, 5) is 10.6. The van der Waals surface area contributed by atoms with E-state index in [9.17, 15) is 9.18 Å². The van der Waals surface area contributed by atoms with E-state index in [1.807, 2.05) is 0 Å². The molecule has 0 atom stereocenters. The molecule has 2 aromatic rings. The van der Waals surface area contributed by atoms with Gasteiger partial charge in [0.25, 0.3) is 0 Å². The van der Waals surface area contributed by atoms with Gasteiger partial charge in [-0.1, -0.05) is 5.21 Å². The molecule has 19 heavy (non-hydrogen) atoms. The molecule has 0 spiro atoms. The fourth-order valence-electron chi connectivity index (χ4n) is 1.43. The monoisotopic (exact) mass is 328 g/mol. The molecular weight excluding hydrogens is 319 g/mol. The molecule has 0 saturated carbocycles. The number of rotatable bonds is 5. The van der Waals surface area contributed by atoms with Crippen LogP contribution in [0.2, 0.25) is 0 Å². The molecule has 0 bridgehead atoms. The molecule has 0 unspecified atom stereocenters. The van der Waals surface area contributed by atoms with Gasteiger partial charge >= 0.3 is 5.97 Å². The zero-order valence-corrected chi connectivity index (χ0v) is 11.3. The number of aromatic nitrogens is 3. The summed E-state index contributed by atoms with van der Waals surface area (Å²) in [6.07, 6.45) is 1.35. The average molecular weight is 329 g/mol. The molecule has 0 aliphatic carbocycles. The van der Waals surface area contributed by atoms with E-state index in [1.165, 1.54) is 16.9 Å². The van der Waals surface area contributed by atoms with Gasteiger partial charge in [0, 0.05) is 12.2 Å². The number of carboxylic acid groups (broad SMARTS) is 1. The smallest absolute Gasteiger partial charge is 0.358 e. The number of carbonyl (C=O) groups is 1. The Morgan fingerprint density at radius 3 is 2.95 bits per heavy atom. The zero-order chi connectivity index (χ0) is 13.8. The Hall–Kier alpha value is -1.96. The highest BCUT2D eigenvalue weighted by molar-refractivity contribution is 9.10. The second-order valence-corrected chi connectivity index (χ2v) is 4.58. The van der Waals surface area contributed by atoms with E-state index < -0.39 is 5.97 Å². The molecule has 6 nitrogen and oxygen atoms in total. The van der Waals surface area contributed by atoms with Gasteiger partial charge in [0.15, 0.2) is 5.69 Å². The van der Waals surface area contributed by atoms with E-state index >= 15 is 0 Å². The highest BCUT2D eigenvalue weighted by atomic mass is 79.9. The third-order valence-electron chi connectivity index (χ3n) is 2.35. The van der Waals surface area contributed by atoms with Crippen molar-refractivity contribution >= 4 is 27.6 Å². The summed E-state index contributed by atoms with van der Waals surface area (Å²) >= 11 is 3.09. The Morgan fingerprint density at radius 2 is 2.32 bits per heavy atom. The van der Waals surface area contributed by atoms with E-state index in [4.69, 9.17) is 5.11 Å². The first-order chi connectivity index (χ1) is 9.06. The fraction of sp³-hybridized carbons (Fsp3) is 0.182. The van der Waals surface area contributed by atoms with Gasteiger partial charge in [-0.2, -0.15) is 0 Å². The minimum atomic E-state index is -1.11. The van der Waals surface area contributed by atoms with Crippen molar-refractivity contribution in [1.82, 2.24) is 15.0 Å². The minimum Gasteiger partial charge on any atom is -0.476 e. The minimum absolute atomic E-state index is 0.0930. The first-order valence-corrected chi connectivity index (χ1v) is 6.18. The largest absolute Gasteiger partial charge is 0.476 e. The lowest BCUT2D eigenvalue weighted by molar-refractivity contribution is 0.0690. The molecule has 2 rings (SSSR count). The van der Waals surface area contributed by atoms with Gasteiger partial charge in [-0.25, -0.2) is 13.9 Å². The molecule has 0 aliphatic heterocycles. The number of nitrogens with one attached hydrogen (secondary N) is 1. The summed E-state index contributed by atoms with van der Waals surface area (Å²) in [7, 11) is 0. The molecule has 0 saturated heterocycles. The van der Waals surface area contributed by atoms with Crippen molar-refractivity contribution in [3.63, 3.8) is 0 Å². The second-order valence-electron chi connectivity index (χ2n) is 3.73. The zero-order valence-electron chi connectivity index (χ0n) is 9.68. The maximum absolute atomic E-state index is 13.0. The number of nitrogens with zero attached hydrogens (tertiary/aromatic N) is 3. The summed E-state index contributed by atoms with van der Waals surface area (Å²) in [5.74, 6) is -1.44. The van der Waals surface area contributed by atoms with Crippen LogP contribution in [0.1, 0.15) is 10.5 Å². The lowest BCUT2D eigenvalue weighted by Crippen LogP contribution is -2.11. The lowest BCUT2D eigenvalue weighted by Gasteiger charge is -2.06. The summed E-state index contributed by atoms with van der Waals surface area (Å²) < 4.78 is 14.8. The van der Waals surface area contributed by atoms with Crippen LogP contribution >= 0.6 is 15.9 Å². The summed E-state index contributed by atoms with van der Waals surface area (Å²) in [6, 6.07) is 4.59. The molecule has 0 aliphatic rings. The number of hydrogen-bond donors (Lipinski definition) is 2. The summed E-state index contributed by atoms with van der Waals surface area (Å²) in [6.45, 7) is 0.968. The van der Waals surface area contributed by atoms with Crippen LogP contribution in [0.4, 0.5) is 10.1 Å². The molecular formula is C11H10BrFN4O2. The van der Waals surface area contributed by atoms with Crippen LogP contribution in [-0.4, -0.2) is 32.6 Å². The van der Waals surface area contributed by atoms with Crippen LogP contribution in [0.25, 0.3) is 0 Å². The maximum atomic E-state index is 13.0. The van der Waals surface area contributed by atoms with Crippen molar-refractivity contribution < 1.29 is 14.3 Å². The van der Waals surface area contributed by atoms with E-state index in [2.05, 4.69) is 31.6 Å². The second kappa shape index (κ2) is 5.79. The van der Waals surface area contributed by atoms with E-state index in [-0.39, 0.29) is 11.5 Å². The average Bonchev–Trinajstić information content (AvgIpc) is 2.83. The van der Waals surface area contributed by atoms with Gasteiger partial charge in [-0.05, 0) is 34.1 Å². The molecule has 0 amide bonds. The van der Waals surface area contributed by atoms with Gasteiger partial charge in [0.2, 0.25) is 0 Å². The number of anilines is 1. The van der Waals surface area contributed by atoms with Crippen LogP contribution in [0.15, 0.2) is 28.9 Å². The molecule has 1 heterocycles. The number of benzene rings is 1. The summed E-state index contributed by atoms with van der Waals surface area (Å²) in [5.41, 5.74) is 0.663. The van der Waals surface area contributed by atoms with Crippen LogP contribution in [0, 0.1) is 5.82 Å². The van der Waals surface area contributed by atoms with Gasteiger partial charge in [0.1, 0.15) is 5.82 Å². The van der Waals surface area contributed by atoms with Gasteiger partial charge in [-0.3, -0.25) is 0 Å². The first-order valence-electron chi connectivity index (χ1n) is 5.38. The number of hydrogen-bond acceptors (Lipinski definition) is 4. The number of halogens is 2. The lowest BCUT2D eigenvalue weighted by atomic mass is 10.3. The van der Waals surface area contributed by atoms with Crippen LogP contribution < -0.4 is 5.32 Å². The third kappa shape index (κ3) is 3.50. The highest BCUT2D eigenvalue weighted by Gasteiger charge is 2.07. The molecule has 0 fully saturated rings. The van der Waals surface area contributed by atoms with Crippen LogP contribution in [-0.2, 0) is 6.54 Å². The van der Waals surface area contributed by atoms with Crippen molar-refractivity contribution in [2.75, 3.05) is 11.9 Å². The molecule has 0 radical (unpaired) electrons. The molecule has 1 aromatic heterocycles. The molecule has 1 aromatic carbocycles. The molecule has 8 heteroatoms. The Balaban J connectivity index is 1.88. The van der Waals surface area contributed by atoms with Crippen molar-refractivity contribution in [3.05, 3.63) is 40.4 Å². The normalized spacial score (nSPS) is 10.4. The Labute approximate surface area is 116 Å². The van der Waals surface area contributed by atoms with E-state index in [0.29, 0.717) is 17.6 Å². The van der Waals surface area contributed by atoms with Crippen molar-refractivity contribution in [2.24, 2.45) is 0 Å². The van der Waals surface area contributed by atoms with Gasteiger partial charge in [-0.15, -0.1) is 5.10 Å². The van der Waals surface area contributed by atoms with E-state index in [0.717, 1.165) is 5.69 Å². The van der Waals surface area contributed by atoms with Crippen molar-refractivity contribution in [3.8, 4) is 0 Å². The summed E-state index contributed by atoms with van der Waals surface area (Å²) in [5, 5.41) is 18.9. The van der Waals surface area contributed by atoms with Crippen LogP contribution in [0.5, 0.6) is 0 Å². The van der Waals surface area contributed by atoms with Crippen molar-refractivity contribution in [1.29, 1.82) is 0 Å². The van der Waals surface area contributed by atoms with Crippen molar-refractivity contribution in [2.45, 2.75) is 6.54 Å². The quantitative estimate of drug-likeness (QED) is 0.877. The molecule has 2 N–H and O–H groups in total. The van der Waals surface area contributed by atoms with Gasteiger partial charge < -0.3 is 10.4 Å². The van der Waals surface area contributed by atoms with Crippen LogP contribution in [0.3, 0.4) is 0 Å². The first kappa shape index (κ1) is 13.5. The maximum Gasteiger partial charge on any atom is 0.358 e. The predicted molar refractivity (Wildman–Crippen MR) is 69.6 cm³/mol. The number of carboxylic acids is 1. The van der Waals surface area contributed by atoms with Gasteiger partial charge in [0.05, 0.1) is 17.2 Å². The molecule has 100 valence electrons. The highest BCUT2D eigenvalue weighted by Crippen LogP contribution is 2.19. The Kier molecular flexibility index (Phi) is 4.10.